The fourth-order valence-corrected chi connectivity index (χ4v) is 4.64. The Kier molecular flexibility index (Phi) is 5.77. The van der Waals surface area contributed by atoms with Crippen molar-refractivity contribution in [3.8, 4) is 10.7 Å². The number of nitrogens with zero attached hydrogens (tertiary/aromatic N) is 6. The molecule has 4 heterocycles. The van der Waals surface area contributed by atoms with E-state index in [9.17, 15) is 9.59 Å². The molecule has 4 aromatic rings. The van der Waals surface area contributed by atoms with E-state index in [1.807, 2.05) is 43.5 Å². The standard InChI is InChI=1S/C23H24N6O3S/c1-15(2)29-22(30)17-7-4-3-6-16(17)20(25-29)23(31)28-11-9-27(10-12-28)14-19-24-21(26-32-19)18-8-5-13-33-18/h3-8,13,15H,9-12,14H2,1-2H3. The average Bonchev–Trinajstić information content (AvgIpc) is 3.52. The van der Waals surface area contributed by atoms with Gasteiger partial charge < -0.3 is 9.42 Å². The van der Waals surface area contributed by atoms with E-state index < -0.39 is 0 Å². The van der Waals surface area contributed by atoms with Crippen molar-refractivity contribution in [1.29, 1.82) is 0 Å². The quantitative estimate of drug-likeness (QED) is 0.448. The number of hydrogen-bond donors (Lipinski definition) is 0. The summed E-state index contributed by atoms with van der Waals surface area (Å²) in [6.07, 6.45) is 0. The zero-order valence-electron chi connectivity index (χ0n) is 18.5. The zero-order valence-corrected chi connectivity index (χ0v) is 19.3. The van der Waals surface area contributed by atoms with Crippen molar-refractivity contribution < 1.29 is 9.32 Å². The number of fused-ring (bicyclic) bond motifs is 1. The number of piperazine rings is 1. The van der Waals surface area contributed by atoms with Gasteiger partial charge in [-0.1, -0.05) is 29.4 Å². The third kappa shape index (κ3) is 4.19. The minimum Gasteiger partial charge on any atom is -0.338 e. The van der Waals surface area contributed by atoms with E-state index in [4.69, 9.17) is 4.52 Å². The van der Waals surface area contributed by atoms with E-state index in [0.29, 0.717) is 60.9 Å². The van der Waals surface area contributed by atoms with Gasteiger partial charge in [-0.15, -0.1) is 11.3 Å². The van der Waals surface area contributed by atoms with E-state index >= 15 is 0 Å². The maximum atomic E-state index is 13.4. The molecule has 1 fully saturated rings. The topological polar surface area (TPSA) is 97.4 Å². The Morgan fingerprint density at radius 1 is 1.09 bits per heavy atom. The first kappa shape index (κ1) is 21.5. The van der Waals surface area contributed by atoms with Gasteiger partial charge in [-0.05, 0) is 31.4 Å². The van der Waals surface area contributed by atoms with Crippen molar-refractivity contribution in [1.82, 2.24) is 29.7 Å². The highest BCUT2D eigenvalue weighted by Crippen LogP contribution is 2.22. The summed E-state index contributed by atoms with van der Waals surface area (Å²) in [6.45, 7) is 6.80. The monoisotopic (exact) mass is 464 g/mol. The second-order valence-corrected chi connectivity index (χ2v) is 9.24. The van der Waals surface area contributed by atoms with Gasteiger partial charge in [0, 0.05) is 31.6 Å². The van der Waals surface area contributed by atoms with Crippen molar-refractivity contribution in [2.24, 2.45) is 0 Å². The number of amides is 1. The zero-order chi connectivity index (χ0) is 22.9. The van der Waals surface area contributed by atoms with Gasteiger partial charge in [-0.25, -0.2) is 4.68 Å². The van der Waals surface area contributed by atoms with Gasteiger partial charge in [0.25, 0.3) is 11.5 Å². The Bertz CT molecular complexity index is 1340. The minimum absolute atomic E-state index is 0.140. The molecule has 1 saturated heterocycles. The van der Waals surface area contributed by atoms with Crippen LogP contribution in [0.1, 0.15) is 36.3 Å². The molecule has 0 unspecified atom stereocenters. The highest BCUT2D eigenvalue weighted by atomic mass is 32.1. The van der Waals surface area contributed by atoms with Crippen LogP contribution in [0.2, 0.25) is 0 Å². The highest BCUT2D eigenvalue weighted by Gasteiger charge is 2.27. The van der Waals surface area contributed by atoms with Gasteiger partial charge >= 0.3 is 0 Å². The maximum Gasteiger partial charge on any atom is 0.275 e. The minimum atomic E-state index is -0.177. The number of rotatable bonds is 5. The van der Waals surface area contributed by atoms with Gasteiger partial charge in [-0.2, -0.15) is 10.1 Å². The maximum absolute atomic E-state index is 13.4. The van der Waals surface area contributed by atoms with Crippen molar-refractivity contribution >= 4 is 28.0 Å². The molecule has 0 atom stereocenters. The van der Waals surface area contributed by atoms with Crippen LogP contribution in [0.15, 0.2) is 51.1 Å². The summed E-state index contributed by atoms with van der Waals surface area (Å²) in [4.78, 5) is 35.6. The molecule has 3 aromatic heterocycles. The SMILES string of the molecule is CC(C)n1nc(C(=O)N2CCN(Cc3nc(-c4cccs4)no3)CC2)c2ccccc2c1=O. The van der Waals surface area contributed by atoms with Crippen LogP contribution in [0.25, 0.3) is 21.5 Å². The first-order valence-electron chi connectivity index (χ1n) is 10.9. The number of thiophene rings is 1. The molecule has 10 heteroatoms. The lowest BCUT2D eigenvalue weighted by atomic mass is 10.1. The summed E-state index contributed by atoms with van der Waals surface area (Å²) in [5.41, 5.74) is 0.147. The van der Waals surface area contributed by atoms with E-state index in [1.165, 1.54) is 4.68 Å². The Morgan fingerprint density at radius 3 is 2.55 bits per heavy atom. The van der Waals surface area contributed by atoms with Gasteiger partial charge in [-0.3, -0.25) is 14.5 Å². The van der Waals surface area contributed by atoms with Gasteiger partial charge in [0.1, 0.15) is 0 Å². The summed E-state index contributed by atoms with van der Waals surface area (Å²) in [5.74, 6) is 1.01. The van der Waals surface area contributed by atoms with E-state index in [2.05, 4.69) is 20.1 Å². The van der Waals surface area contributed by atoms with E-state index in [1.54, 1.807) is 28.4 Å². The van der Waals surface area contributed by atoms with Crippen molar-refractivity contribution in [3.05, 3.63) is 63.7 Å². The second kappa shape index (κ2) is 8.87. The summed E-state index contributed by atoms with van der Waals surface area (Å²) < 4.78 is 6.81. The summed E-state index contributed by atoms with van der Waals surface area (Å²) >= 11 is 1.57. The Labute approximate surface area is 194 Å². The molecular weight excluding hydrogens is 440 g/mol. The molecule has 0 bridgehead atoms. The normalized spacial score (nSPS) is 14.9. The molecule has 1 aliphatic heterocycles. The van der Waals surface area contributed by atoms with Crippen LogP contribution in [0, 0.1) is 0 Å². The number of carbonyl (C=O) groups excluding carboxylic acids is 1. The predicted molar refractivity (Wildman–Crippen MR) is 125 cm³/mol. The molecule has 0 saturated carbocycles. The van der Waals surface area contributed by atoms with Crippen LogP contribution in [-0.2, 0) is 6.54 Å². The summed E-state index contributed by atoms with van der Waals surface area (Å²) in [7, 11) is 0. The van der Waals surface area contributed by atoms with Gasteiger partial charge in [0.15, 0.2) is 5.69 Å². The van der Waals surface area contributed by atoms with Crippen LogP contribution < -0.4 is 5.56 Å². The fourth-order valence-electron chi connectivity index (χ4n) is 3.99. The number of benzene rings is 1. The third-order valence-corrected chi connectivity index (χ3v) is 6.61. The number of carbonyl (C=O) groups is 1. The number of aromatic nitrogens is 4. The largest absolute Gasteiger partial charge is 0.338 e. The van der Waals surface area contributed by atoms with Crippen molar-refractivity contribution in [3.63, 3.8) is 0 Å². The first-order chi connectivity index (χ1) is 16.0. The lowest BCUT2D eigenvalue weighted by Crippen LogP contribution is -2.48. The molecule has 33 heavy (non-hydrogen) atoms. The molecule has 5 rings (SSSR count). The average molecular weight is 465 g/mol. The molecule has 1 amide bonds. The highest BCUT2D eigenvalue weighted by molar-refractivity contribution is 7.13. The molecular formula is C23H24N6O3S. The Morgan fingerprint density at radius 2 is 1.85 bits per heavy atom. The van der Waals surface area contributed by atoms with Crippen LogP contribution in [0.4, 0.5) is 0 Å². The Balaban J connectivity index is 1.30. The smallest absolute Gasteiger partial charge is 0.275 e. The van der Waals surface area contributed by atoms with E-state index in [-0.39, 0.29) is 17.5 Å². The fraction of sp³-hybridized carbons (Fsp3) is 0.348. The number of hydrogen-bond acceptors (Lipinski definition) is 8. The predicted octanol–water partition coefficient (Wildman–Crippen LogP) is 3.05. The van der Waals surface area contributed by atoms with Gasteiger partial charge in [0.05, 0.1) is 22.8 Å². The van der Waals surface area contributed by atoms with Crippen molar-refractivity contribution in [2.45, 2.75) is 26.4 Å². The second-order valence-electron chi connectivity index (χ2n) is 8.30. The molecule has 0 radical (unpaired) electrons. The van der Waals surface area contributed by atoms with E-state index in [0.717, 1.165) is 4.88 Å². The molecule has 1 aliphatic rings. The summed E-state index contributed by atoms with van der Waals surface area (Å²) in [5, 5.41) is 11.6. The lowest BCUT2D eigenvalue weighted by Gasteiger charge is -2.34. The molecule has 170 valence electrons. The molecule has 0 N–H and O–H groups in total. The molecule has 0 spiro atoms. The van der Waals surface area contributed by atoms with Crippen molar-refractivity contribution in [2.75, 3.05) is 26.2 Å². The van der Waals surface area contributed by atoms with Crippen LogP contribution in [0.5, 0.6) is 0 Å². The molecule has 1 aromatic carbocycles. The van der Waals surface area contributed by atoms with Crippen LogP contribution in [0.3, 0.4) is 0 Å². The Hall–Kier alpha value is -3.37. The lowest BCUT2D eigenvalue weighted by molar-refractivity contribution is 0.0608. The van der Waals surface area contributed by atoms with Crippen LogP contribution in [-0.4, -0.2) is 61.8 Å². The first-order valence-corrected chi connectivity index (χ1v) is 11.8. The van der Waals surface area contributed by atoms with Gasteiger partial charge in [0.2, 0.25) is 11.7 Å². The third-order valence-electron chi connectivity index (χ3n) is 5.75. The molecule has 0 aliphatic carbocycles. The summed E-state index contributed by atoms with van der Waals surface area (Å²) in [6, 6.07) is 11.0. The molecule has 9 nitrogen and oxygen atoms in total. The van der Waals surface area contributed by atoms with Crippen LogP contribution >= 0.6 is 11.3 Å².